The second-order valence-electron chi connectivity index (χ2n) is 6.59. The molecule has 2 aromatic heterocycles. The van der Waals surface area contributed by atoms with E-state index in [9.17, 15) is 9.59 Å². The van der Waals surface area contributed by atoms with Crippen molar-refractivity contribution in [1.82, 2.24) is 20.1 Å². The van der Waals surface area contributed by atoms with Gasteiger partial charge in [0.15, 0.2) is 5.75 Å². The van der Waals surface area contributed by atoms with E-state index in [0.717, 1.165) is 18.5 Å². The number of rotatable bonds is 5. The summed E-state index contributed by atoms with van der Waals surface area (Å²) in [6.07, 6.45) is 5.20. The lowest BCUT2D eigenvalue weighted by molar-refractivity contribution is 0.0903. The lowest BCUT2D eigenvalue weighted by atomic mass is 10.1. The highest BCUT2D eigenvalue weighted by Gasteiger charge is 2.32. The van der Waals surface area contributed by atoms with Gasteiger partial charge in [0.1, 0.15) is 6.10 Å². The standard InChI is InChI=1S/C17H20N4O4/c1-21-7-12(6-18-21)25-15-9-24-8-14(15)20-17(23)11-4-13(10-2-3-10)19-16(22)5-11/h4-7,10,14-15H,2-3,8-9H2,1H3,(H,19,22)(H,20,23)/t14-,15+/m0/s1. The van der Waals surface area contributed by atoms with Gasteiger partial charge in [-0.1, -0.05) is 0 Å². The third-order valence-corrected chi connectivity index (χ3v) is 4.46. The van der Waals surface area contributed by atoms with Crippen molar-refractivity contribution in [2.75, 3.05) is 13.2 Å². The van der Waals surface area contributed by atoms with Crippen molar-refractivity contribution in [3.05, 3.63) is 46.1 Å². The van der Waals surface area contributed by atoms with Gasteiger partial charge in [-0.2, -0.15) is 5.10 Å². The highest BCUT2D eigenvalue weighted by Crippen LogP contribution is 2.38. The van der Waals surface area contributed by atoms with Crippen LogP contribution in [0.15, 0.2) is 29.3 Å². The van der Waals surface area contributed by atoms with Gasteiger partial charge in [-0.15, -0.1) is 0 Å². The number of aromatic amines is 1. The highest BCUT2D eigenvalue weighted by atomic mass is 16.5. The van der Waals surface area contributed by atoms with Gasteiger partial charge in [0.05, 0.1) is 31.6 Å². The predicted molar refractivity (Wildman–Crippen MR) is 88.7 cm³/mol. The van der Waals surface area contributed by atoms with E-state index in [4.69, 9.17) is 9.47 Å². The fraction of sp³-hybridized carbons (Fsp3) is 0.471. The molecule has 1 saturated carbocycles. The van der Waals surface area contributed by atoms with E-state index in [1.807, 2.05) is 7.05 Å². The van der Waals surface area contributed by atoms with E-state index in [1.54, 1.807) is 23.1 Å². The topological polar surface area (TPSA) is 98.2 Å². The zero-order chi connectivity index (χ0) is 17.4. The van der Waals surface area contributed by atoms with Crippen molar-refractivity contribution >= 4 is 5.91 Å². The molecule has 2 aromatic rings. The first-order chi connectivity index (χ1) is 12.1. The molecule has 4 rings (SSSR count). The number of aryl methyl sites for hydroxylation is 1. The molecule has 3 heterocycles. The molecule has 25 heavy (non-hydrogen) atoms. The summed E-state index contributed by atoms with van der Waals surface area (Å²) in [5.74, 6) is 0.713. The van der Waals surface area contributed by atoms with Crippen LogP contribution in [0.1, 0.15) is 34.8 Å². The largest absolute Gasteiger partial charge is 0.482 e. The Balaban J connectivity index is 1.45. The molecular weight excluding hydrogens is 324 g/mol. The highest BCUT2D eigenvalue weighted by molar-refractivity contribution is 5.94. The molecule has 1 saturated heterocycles. The van der Waals surface area contributed by atoms with Crippen molar-refractivity contribution in [2.24, 2.45) is 7.05 Å². The molecule has 0 aromatic carbocycles. The molecule has 2 atom stereocenters. The molecule has 8 heteroatoms. The van der Waals surface area contributed by atoms with Crippen molar-refractivity contribution in [3.63, 3.8) is 0 Å². The second-order valence-corrected chi connectivity index (χ2v) is 6.59. The Kier molecular flexibility index (Phi) is 4.04. The maximum Gasteiger partial charge on any atom is 0.251 e. The monoisotopic (exact) mass is 344 g/mol. The van der Waals surface area contributed by atoms with Crippen LogP contribution >= 0.6 is 0 Å². The fourth-order valence-corrected chi connectivity index (χ4v) is 2.98. The molecule has 2 N–H and O–H groups in total. The van der Waals surface area contributed by atoms with Gasteiger partial charge in [0.25, 0.3) is 5.91 Å². The summed E-state index contributed by atoms with van der Waals surface area (Å²) in [4.78, 5) is 27.2. The average molecular weight is 344 g/mol. The minimum atomic E-state index is -0.293. The van der Waals surface area contributed by atoms with Crippen LogP contribution in [-0.4, -0.2) is 46.0 Å². The maximum atomic E-state index is 12.6. The zero-order valence-corrected chi connectivity index (χ0v) is 13.9. The van der Waals surface area contributed by atoms with Crippen LogP contribution in [0.4, 0.5) is 0 Å². The van der Waals surface area contributed by atoms with Gasteiger partial charge in [0.2, 0.25) is 5.56 Å². The summed E-state index contributed by atoms with van der Waals surface area (Å²) in [5.41, 5.74) is 0.960. The average Bonchev–Trinajstić information content (AvgIpc) is 3.23. The van der Waals surface area contributed by atoms with Crippen LogP contribution in [-0.2, 0) is 11.8 Å². The summed E-state index contributed by atoms with van der Waals surface area (Å²) >= 11 is 0. The first kappa shape index (κ1) is 15.9. The van der Waals surface area contributed by atoms with Crippen molar-refractivity contribution in [1.29, 1.82) is 0 Å². The van der Waals surface area contributed by atoms with Gasteiger partial charge in [-0.05, 0) is 24.8 Å². The summed E-state index contributed by atoms with van der Waals surface area (Å²) in [5, 5.41) is 6.98. The lowest BCUT2D eigenvalue weighted by Gasteiger charge is -2.19. The molecule has 132 valence electrons. The Bertz CT molecular complexity index is 839. The molecule has 8 nitrogen and oxygen atoms in total. The van der Waals surface area contributed by atoms with Crippen LogP contribution in [0.5, 0.6) is 5.75 Å². The van der Waals surface area contributed by atoms with Crippen molar-refractivity contribution in [3.8, 4) is 5.75 Å². The van der Waals surface area contributed by atoms with E-state index in [0.29, 0.717) is 30.4 Å². The van der Waals surface area contributed by atoms with Gasteiger partial charge in [0, 0.05) is 24.4 Å². The molecular formula is C17H20N4O4. The third-order valence-electron chi connectivity index (χ3n) is 4.46. The minimum absolute atomic E-state index is 0.250. The van der Waals surface area contributed by atoms with E-state index in [2.05, 4.69) is 15.4 Å². The molecule has 0 unspecified atom stereocenters. The summed E-state index contributed by atoms with van der Waals surface area (Å²) in [7, 11) is 1.81. The van der Waals surface area contributed by atoms with E-state index < -0.39 is 0 Å². The molecule has 0 spiro atoms. The molecule has 2 fully saturated rings. The lowest BCUT2D eigenvalue weighted by Crippen LogP contribution is -2.45. The number of hydrogen-bond acceptors (Lipinski definition) is 5. The Morgan fingerprint density at radius 3 is 2.96 bits per heavy atom. The maximum absolute atomic E-state index is 12.6. The molecule has 1 amide bonds. The summed E-state index contributed by atoms with van der Waals surface area (Å²) in [6.45, 7) is 0.762. The van der Waals surface area contributed by atoms with Crippen LogP contribution in [0.2, 0.25) is 0 Å². The quantitative estimate of drug-likeness (QED) is 0.826. The zero-order valence-electron chi connectivity index (χ0n) is 13.9. The Morgan fingerprint density at radius 2 is 2.24 bits per heavy atom. The number of ether oxygens (including phenoxy) is 2. The summed E-state index contributed by atoms with van der Waals surface area (Å²) in [6, 6.07) is 2.81. The first-order valence-corrected chi connectivity index (χ1v) is 8.36. The van der Waals surface area contributed by atoms with Crippen LogP contribution < -0.4 is 15.6 Å². The molecule has 0 radical (unpaired) electrons. The number of amides is 1. The van der Waals surface area contributed by atoms with Crippen molar-refractivity contribution in [2.45, 2.75) is 30.9 Å². The summed E-state index contributed by atoms with van der Waals surface area (Å²) < 4.78 is 12.9. The van der Waals surface area contributed by atoms with Crippen LogP contribution in [0, 0.1) is 0 Å². The second kappa shape index (κ2) is 6.36. The van der Waals surface area contributed by atoms with E-state index >= 15 is 0 Å². The van der Waals surface area contributed by atoms with Gasteiger partial charge in [-0.3, -0.25) is 14.3 Å². The minimum Gasteiger partial charge on any atom is -0.482 e. The number of H-pyrrole nitrogens is 1. The number of carbonyl (C=O) groups is 1. The van der Waals surface area contributed by atoms with Crippen LogP contribution in [0.3, 0.4) is 0 Å². The Hall–Kier alpha value is -2.61. The number of aromatic nitrogens is 3. The Morgan fingerprint density at radius 1 is 1.40 bits per heavy atom. The molecule has 1 aliphatic heterocycles. The molecule has 0 bridgehead atoms. The third kappa shape index (κ3) is 3.58. The SMILES string of the molecule is Cn1cc(O[C@@H]2COC[C@@H]2NC(=O)c2cc(C3CC3)[nH]c(=O)c2)cn1. The van der Waals surface area contributed by atoms with E-state index in [1.165, 1.54) is 6.07 Å². The number of pyridine rings is 1. The van der Waals surface area contributed by atoms with Crippen molar-refractivity contribution < 1.29 is 14.3 Å². The van der Waals surface area contributed by atoms with Gasteiger partial charge >= 0.3 is 0 Å². The number of hydrogen-bond donors (Lipinski definition) is 2. The van der Waals surface area contributed by atoms with Crippen LogP contribution in [0.25, 0.3) is 0 Å². The predicted octanol–water partition coefficient (Wildman–Crippen LogP) is 0.562. The molecule has 1 aliphatic carbocycles. The Labute approximate surface area is 144 Å². The first-order valence-electron chi connectivity index (χ1n) is 8.36. The molecule has 2 aliphatic rings. The number of carbonyl (C=O) groups excluding carboxylic acids is 1. The smallest absolute Gasteiger partial charge is 0.251 e. The normalized spacial score (nSPS) is 22.8. The number of nitrogens with zero attached hydrogens (tertiary/aromatic N) is 2. The fourth-order valence-electron chi connectivity index (χ4n) is 2.98. The number of nitrogens with one attached hydrogen (secondary N) is 2. The van der Waals surface area contributed by atoms with Gasteiger partial charge in [-0.25, -0.2) is 0 Å². The van der Waals surface area contributed by atoms with Gasteiger partial charge < -0.3 is 19.8 Å². The van der Waals surface area contributed by atoms with E-state index in [-0.39, 0.29) is 23.6 Å².